The smallest absolute Gasteiger partial charge is 0.335 e. The molecule has 3 aromatic rings. The molecule has 3 aromatic carbocycles. The van der Waals surface area contributed by atoms with E-state index in [1.54, 1.807) is 18.2 Å². The number of halogens is 6. The van der Waals surface area contributed by atoms with E-state index in [1.807, 2.05) is 22.6 Å². The summed E-state index contributed by atoms with van der Waals surface area (Å²) in [5.74, 6) is -12.7. The van der Waals surface area contributed by atoms with Crippen LogP contribution in [0.4, 0.5) is 27.6 Å². The number of anilines is 1. The van der Waals surface area contributed by atoms with Crippen LogP contribution in [-0.4, -0.2) is 29.8 Å². The normalized spacial score (nSPS) is 14.2. The number of ether oxygens (including phenoxy) is 2. The van der Waals surface area contributed by atoms with E-state index in [0.29, 0.717) is 20.4 Å². The molecule has 202 valence electrons. The minimum Gasteiger partial charge on any atom is -0.493 e. The number of rotatable bonds is 7. The molecule has 0 saturated heterocycles. The van der Waals surface area contributed by atoms with Gasteiger partial charge < -0.3 is 14.6 Å². The lowest BCUT2D eigenvalue weighted by molar-refractivity contribution is -0.114. The number of amides is 1. The number of carbonyl (C=O) groups is 2. The molecular formula is C26H16F5IN2O5. The van der Waals surface area contributed by atoms with Crippen LogP contribution in [0.1, 0.15) is 28.4 Å². The Hall–Kier alpha value is -4.01. The zero-order valence-corrected chi connectivity index (χ0v) is 22.1. The molecule has 13 heteroatoms. The largest absolute Gasteiger partial charge is 0.493 e. The Bertz CT molecular complexity index is 1550. The van der Waals surface area contributed by atoms with Gasteiger partial charge in [-0.05, 0) is 71.0 Å². The molecule has 1 amide bonds. The van der Waals surface area contributed by atoms with Crippen LogP contribution in [0.3, 0.4) is 0 Å². The number of carboxylic acids is 1. The lowest BCUT2D eigenvalue weighted by Crippen LogP contribution is -2.25. The van der Waals surface area contributed by atoms with Crippen LogP contribution in [-0.2, 0) is 11.4 Å². The second-order valence-corrected chi connectivity index (χ2v) is 9.27. The molecular weight excluding hydrogens is 642 g/mol. The number of hydrazone groups is 1. The SMILES string of the molecule is COc1cc(/C=C2/C(=O)N(c3c(F)c(F)c(F)c(F)c3F)N=C2C)cc(I)c1OCc1ccc(C(=O)O)cc1. The number of nitrogens with zero attached hydrogens (tertiary/aromatic N) is 2. The van der Waals surface area contributed by atoms with Gasteiger partial charge in [-0.3, -0.25) is 4.79 Å². The Kier molecular flexibility index (Phi) is 7.90. The van der Waals surface area contributed by atoms with E-state index in [-0.39, 0.29) is 34.2 Å². The van der Waals surface area contributed by atoms with Crippen molar-refractivity contribution in [3.8, 4) is 11.5 Å². The predicted molar refractivity (Wildman–Crippen MR) is 138 cm³/mol. The fourth-order valence-corrected chi connectivity index (χ4v) is 4.43. The summed E-state index contributed by atoms with van der Waals surface area (Å²) in [5, 5.41) is 12.9. The van der Waals surface area contributed by atoms with Gasteiger partial charge in [0, 0.05) is 0 Å². The third-order valence-electron chi connectivity index (χ3n) is 5.61. The standard InChI is InChI=1S/C26H16F5IN2O5/c1-11-15(25(35)34(33-11)23-21(30)19(28)18(27)20(29)22(23)31)7-13-8-16(32)24(17(9-13)38-2)39-10-12-3-5-14(6-4-12)26(36)37/h3-9H,10H2,1-2H3,(H,36,37)/b15-7+. The molecule has 1 N–H and O–H groups in total. The third-order valence-corrected chi connectivity index (χ3v) is 6.41. The van der Waals surface area contributed by atoms with Crippen molar-refractivity contribution in [3.63, 3.8) is 0 Å². The number of benzene rings is 3. The quantitative estimate of drug-likeness (QED) is 0.109. The van der Waals surface area contributed by atoms with Gasteiger partial charge in [0.1, 0.15) is 12.3 Å². The first-order chi connectivity index (χ1) is 18.4. The van der Waals surface area contributed by atoms with Crippen LogP contribution in [0.15, 0.2) is 47.1 Å². The summed E-state index contributed by atoms with van der Waals surface area (Å²) in [6.45, 7) is 1.43. The van der Waals surface area contributed by atoms with Gasteiger partial charge in [0.2, 0.25) is 5.82 Å². The number of aromatic carboxylic acids is 1. The van der Waals surface area contributed by atoms with Crippen molar-refractivity contribution < 1.29 is 46.1 Å². The second-order valence-electron chi connectivity index (χ2n) is 8.10. The van der Waals surface area contributed by atoms with E-state index in [4.69, 9.17) is 14.6 Å². The van der Waals surface area contributed by atoms with Crippen molar-refractivity contribution in [2.45, 2.75) is 13.5 Å². The Morgan fingerprint density at radius 1 is 1.03 bits per heavy atom. The van der Waals surface area contributed by atoms with Crippen molar-refractivity contribution in [2.24, 2.45) is 5.10 Å². The molecule has 0 bridgehead atoms. The summed E-state index contributed by atoms with van der Waals surface area (Å²) < 4.78 is 81.2. The molecule has 4 rings (SSSR count). The second kappa shape index (κ2) is 11.0. The maximum atomic E-state index is 14.3. The summed E-state index contributed by atoms with van der Waals surface area (Å²) >= 11 is 1.97. The van der Waals surface area contributed by atoms with E-state index < -0.39 is 46.6 Å². The summed E-state index contributed by atoms with van der Waals surface area (Å²) in [7, 11) is 1.38. The third kappa shape index (κ3) is 5.30. The molecule has 1 aliphatic heterocycles. The summed E-state index contributed by atoms with van der Waals surface area (Å²) in [6.07, 6.45) is 1.33. The van der Waals surface area contributed by atoms with Crippen LogP contribution >= 0.6 is 22.6 Å². The van der Waals surface area contributed by atoms with Gasteiger partial charge >= 0.3 is 5.97 Å². The molecule has 7 nitrogen and oxygen atoms in total. The Balaban J connectivity index is 1.62. The summed E-state index contributed by atoms with van der Waals surface area (Å²) in [4.78, 5) is 24.0. The highest BCUT2D eigenvalue weighted by atomic mass is 127. The monoisotopic (exact) mass is 658 g/mol. The average Bonchev–Trinajstić information content (AvgIpc) is 3.18. The van der Waals surface area contributed by atoms with Crippen molar-refractivity contribution in [2.75, 3.05) is 12.1 Å². The van der Waals surface area contributed by atoms with Crippen LogP contribution in [0.25, 0.3) is 6.08 Å². The van der Waals surface area contributed by atoms with Crippen LogP contribution in [0.2, 0.25) is 0 Å². The van der Waals surface area contributed by atoms with Gasteiger partial charge in [-0.1, -0.05) is 12.1 Å². The van der Waals surface area contributed by atoms with E-state index in [2.05, 4.69) is 5.10 Å². The van der Waals surface area contributed by atoms with Gasteiger partial charge in [-0.15, -0.1) is 0 Å². The van der Waals surface area contributed by atoms with Crippen molar-refractivity contribution in [3.05, 3.63) is 91.3 Å². The van der Waals surface area contributed by atoms with Crippen molar-refractivity contribution in [1.82, 2.24) is 0 Å². The molecule has 0 fully saturated rings. The Morgan fingerprint density at radius 2 is 1.62 bits per heavy atom. The lowest BCUT2D eigenvalue weighted by atomic mass is 10.1. The molecule has 0 aromatic heterocycles. The zero-order chi connectivity index (χ0) is 28.6. The van der Waals surface area contributed by atoms with E-state index >= 15 is 0 Å². The number of hydrogen-bond donors (Lipinski definition) is 1. The van der Waals surface area contributed by atoms with E-state index in [9.17, 15) is 31.5 Å². The van der Waals surface area contributed by atoms with Gasteiger partial charge in [-0.2, -0.15) is 10.1 Å². The number of carboxylic acid groups (broad SMARTS) is 1. The summed E-state index contributed by atoms with van der Waals surface area (Å²) in [5.41, 5.74) is -0.437. The van der Waals surface area contributed by atoms with Crippen LogP contribution < -0.4 is 14.5 Å². The highest BCUT2D eigenvalue weighted by molar-refractivity contribution is 14.1. The van der Waals surface area contributed by atoms with Crippen molar-refractivity contribution in [1.29, 1.82) is 0 Å². The first kappa shape index (κ1) is 28.0. The lowest BCUT2D eigenvalue weighted by Gasteiger charge is -2.15. The molecule has 0 atom stereocenters. The molecule has 0 unspecified atom stereocenters. The Morgan fingerprint density at radius 3 is 2.18 bits per heavy atom. The highest BCUT2D eigenvalue weighted by Crippen LogP contribution is 2.37. The highest BCUT2D eigenvalue weighted by Gasteiger charge is 2.37. The van der Waals surface area contributed by atoms with Gasteiger partial charge in [0.05, 0.1) is 27.5 Å². The van der Waals surface area contributed by atoms with Crippen LogP contribution in [0, 0.1) is 32.7 Å². The molecule has 1 heterocycles. The zero-order valence-electron chi connectivity index (χ0n) is 20.0. The van der Waals surface area contributed by atoms with Crippen LogP contribution in [0.5, 0.6) is 11.5 Å². The molecule has 0 spiro atoms. The Labute approximate surface area is 231 Å². The molecule has 0 saturated carbocycles. The number of carbonyl (C=O) groups excluding carboxylic acids is 1. The first-order valence-corrected chi connectivity index (χ1v) is 12.0. The molecule has 1 aliphatic rings. The van der Waals surface area contributed by atoms with Crippen molar-refractivity contribution >= 4 is 51.9 Å². The number of methoxy groups -OCH3 is 1. The molecule has 0 radical (unpaired) electrons. The summed E-state index contributed by atoms with van der Waals surface area (Å²) in [6, 6.07) is 9.21. The minimum atomic E-state index is -2.35. The average molecular weight is 658 g/mol. The molecule has 39 heavy (non-hydrogen) atoms. The fourth-order valence-electron chi connectivity index (χ4n) is 3.64. The van der Waals surface area contributed by atoms with E-state index in [1.165, 1.54) is 38.3 Å². The predicted octanol–water partition coefficient (Wildman–Crippen LogP) is 6.08. The van der Waals surface area contributed by atoms with Gasteiger partial charge in [0.25, 0.3) is 5.91 Å². The van der Waals surface area contributed by atoms with Gasteiger partial charge in [0.15, 0.2) is 34.8 Å². The van der Waals surface area contributed by atoms with E-state index in [0.717, 1.165) is 0 Å². The maximum absolute atomic E-state index is 14.3. The number of hydrogen-bond acceptors (Lipinski definition) is 5. The minimum absolute atomic E-state index is 0.0250. The van der Waals surface area contributed by atoms with Gasteiger partial charge in [-0.25, -0.2) is 26.7 Å². The maximum Gasteiger partial charge on any atom is 0.335 e. The molecule has 0 aliphatic carbocycles. The fraction of sp³-hybridized carbons (Fsp3) is 0.115. The topological polar surface area (TPSA) is 88.4 Å². The first-order valence-electron chi connectivity index (χ1n) is 10.9.